The van der Waals surface area contributed by atoms with Crippen molar-refractivity contribution in [1.29, 1.82) is 0 Å². The number of carbonyl (C=O) groups is 2. The summed E-state index contributed by atoms with van der Waals surface area (Å²) in [6, 6.07) is 19.0. The van der Waals surface area contributed by atoms with E-state index in [4.69, 9.17) is 0 Å². The zero-order valence-electron chi connectivity index (χ0n) is 11.7. The third-order valence-corrected chi connectivity index (χ3v) is 3.93. The van der Waals surface area contributed by atoms with Gasteiger partial charge in [-0.1, -0.05) is 48.5 Å². The molecule has 0 saturated carbocycles. The monoisotopic (exact) mass is 279 g/mol. The molecule has 3 nitrogen and oxygen atoms in total. The molecule has 1 aliphatic heterocycles. The topological polar surface area (TPSA) is 37.4 Å². The van der Waals surface area contributed by atoms with Crippen LogP contribution in [0, 0.1) is 0 Å². The Morgan fingerprint density at radius 2 is 1.57 bits per heavy atom. The first kappa shape index (κ1) is 13.6. The molecular weight excluding hydrogens is 262 g/mol. The first-order valence-corrected chi connectivity index (χ1v) is 7.17. The molecule has 0 bridgehead atoms. The van der Waals surface area contributed by atoms with Crippen LogP contribution in [0.3, 0.4) is 0 Å². The standard InChI is InChI=1S/C18H17NO2/c20-17-11-12-19(18(21)15-9-5-2-6-10-15)13-16(17)14-7-3-1-4-8-14/h1-10,16H,11-13H2. The van der Waals surface area contributed by atoms with Gasteiger partial charge >= 0.3 is 0 Å². The Bertz CT molecular complexity index is 637. The third kappa shape index (κ3) is 2.87. The van der Waals surface area contributed by atoms with E-state index in [1.54, 1.807) is 4.90 Å². The SMILES string of the molecule is O=C1CCN(C(=O)c2ccccc2)CC1c1ccccc1. The van der Waals surface area contributed by atoms with Gasteiger partial charge in [0.05, 0.1) is 5.92 Å². The number of piperidine rings is 1. The molecule has 1 amide bonds. The highest BCUT2D eigenvalue weighted by Gasteiger charge is 2.31. The Labute approximate surface area is 124 Å². The van der Waals surface area contributed by atoms with E-state index in [2.05, 4.69) is 0 Å². The van der Waals surface area contributed by atoms with Gasteiger partial charge in [-0.15, -0.1) is 0 Å². The third-order valence-electron chi connectivity index (χ3n) is 3.93. The Morgan fingerprint density at radius 1 is 0.952 bits per heavy atom. The van der Waals surface area contributed by atoms with Crippen LogP contribution in [0.2, 0.25) is 0 Å². The lowest BCUT2D eigenvalue weighted by atomic mass is 9.89. The number of nitrogens with zero attached hydrogens (tertiary/aromatic N) is 1. The highest BCUT2D eigenvalue weighted by Crippen LogP contribution is 2.24. The van der Waals surface area contributed by atoms with E-state index in [9.17, 15) is 9.59 Å². The second-order valence-electron chi connectivity index (χ2n) is 5.30. The minimum absolute atomic E-state index is 0.00373. The fourth-order valence-corrected chi connectivity index (χ4v) is 2.76. The number of hydrogen-bond acceptors (Lipinski definition) is 2. The minimum Gasteiger partial charge on any atom is -0.337 e. The van der Waals surface area contributed by atoms with Crippen LogP contribution in [0.4, 0.5) is 0 Å². The molecule has 0 N–H and O–H groups in total. The van der Waals surface area contributed by atoms with E-state index in [-0.39, 0.29) is 17.6 Å². The largest absolute Gasteiger partial charge is 0.337 e. The van der Waals surface area contributed by atoms with Crippen LogP contribution >= 0.6 is 0 Å². The van der Waals surface area contributed by atoms with Gasteiger partial charge in [-0.05, 0) is 17.7 Å². The first-order chi connectivity index (χ1) is 10.3. The molecule has 2 aromatic carbocycles. The van der Waals surface area contributed by atoms with Gasteiger partial charge in [0.1, 0.15) is 5.78 Å². The minimum atomic E-state index is -0.201. The van der Waals surface area contributed by atoms with Crippen molar-refractivity contribution in [3.63, 3.8) is 0 Å². The first-order valence-electron chi connectivity index (χ1n) is 7.17. The summed E-state index contributed by atoms with van der Waals surface area (Å²) < 4.78 is 0. The van der Waals surface area contributed by atoms with Gasteiger partial charge in [-0.3, -0.25) is 9.59 Å². The van der Waals surface area contributed by atoms with Crippen molar-refractivity contribution in [3.8, 4) is 0 Å². The van der Waals surface area contributed by atoms with Crippen LogP contribution in [0.5, 0.6) is 0 Å². The van der Waals surface area contributed by atoms with E-state index < -0.39 is 0 Å². The van der Waals surface area contributed by atoms with E-state index in [0.29, 0.717) is 25.1 Å². The zero-order chi connectivity index (χ0) is 14.7. The van der Waals surface area contributed by atoms with Crippen LogP contribution in [-0.4, -0.2) is 29.7 Å². The average molecular weight is 279 g/mol. The maximum absolute atomic E-state index is 12.5. The van der Waals surface area contributed by atoms with Crippen molar-refractivity contribution in [2.45, 2.75) is 12.3 Å². The van der Waals surface area contributed by atoms with Crippen LogP contribution < -0.4 is 0 Å². The van der Waals surface area contributed by atoms with E-state index >= 15 is 0 Å². The summed E-state index contributed by atoms with van der Waals surface area (Å²) in [4.78, 5) is 26.4. The van der Waals surface area contributed by atoms with Crippen LogP contribution in [-0.2, 0) is 4.79 Å². The van der Waals surface area contributed by atoms with Gasteiger partial charge in [0.2, 0.25) is 0 Å². The average Bonchev–Trinajstić information content (AvgIpc) is 2.56. The normalized spacial score (nSPS) is 18.6. The Kier molecular flexibility index (Phi) is 3.82. The summed E-state index contributed by atoms with van der Waals surface area (Å²) in [7, 11) is 0. The molecule has 106 valence electrons. The van der Waals surface area contributed by atoms with Crippen molar-refractivity contribution >= 4 is 11.7 Å². The quantitative estimate of drug-likeness (QED) is 0.847. The number of benzene rings is 2. The molecule has 2 aromatic rings. The van der Waals surface area contributed by atoms with Gasteiger partial charge in [0, 0.05) is 25.1 Å². The number of ketones is 1. The molecule has 0 aliphatic carbocycles. The van der Waals surface area contributed by atoms with E-state index in [1.807, 2.05) is 60.7 Å². The van der Waals surface area contributed by atoms with Crippen molar-refractivity contribution in [2.24, 2.45) is 0 Å². The Balaban J connectivity index is 1.80. The molecule has 1 atom stereocenters. The van der Waals surface area contributed by atoms with Crippen molar-refractivity contribution < 1.29 is 9.59 Å². The lowest BCUT2D eigenvalue weighted by Crippen LogP contribution is -2.43. The number of Topliss-reactive ketones (excluding diaryl/α,β-unsaturated/α-hetero) is 1. The number of amides is 1. The Morgan fingerprint density at radius 3 is 2.24 bits per heavy atom. The molecule has 1 saturated heterocycles. The van der Waals surface area contributed by atoms with Gasteiger partial charge in [0.25, 0.3) is 5.91 Å². The number of hydrogen-bond donors (Lipinski definition) is 0. The highest BCUT2D eigenvalue weighted by molar-refractivity contribution is 5.96. The van der Waals surface area contributed by atoms with Crippen LogP contribution in [0.25, 0.3) is 0 Å². The van der Waals surface area contributed by atoms with E-state index in [1.165, 1.54) is 0 Å². The number of rotatable bonds is 2. The Hall–Kier alpha value is -2.42. The van der Waals surface area contributed by atoms with Gasteiger partial charge in [0.15, 0.2) is 0 Å². The predicted octanol–water partition coefficient (Wildman–Crippen LogP) is 2.89. The fourth-order valence-electron chi connectivity index (χ4n) is 2.76. The van der Waals surface area contributed by atoms with Crippen LogP contribution in [0.1, 0.15) is 28.3 Å². The number of carbonyl (C=O) groups excluding carboxylic acids is 2. The van der Waals surface area contributed by atoms with Crippen molar-refractivity contribution in [1.82, 2.24) is 4.90 Å². The molecule has 3 rings (SSSR count). The second-order valence-corrected chi connectivity index (χ2v) is 5.30. The lowest BCUT2D eigenvalue weighted by molar-refractivity contribution is -0.122. The van der Waals surface area contributed by atoms with Crippen molar-refractivity contribution in [3.05, 3.63) is 71.8 Å². The van der Waals surface area contributed by atoms with E-state index in [0.717, 1.165) is 5.56 Å². The maximum atomic E-state index is 12.5. The van der Waals surface area contributed by atoms with Gasteiger partial charge < -0.3 is 4.90 Å². The molecular formula is C18H17NO2. The molecule has 1 fully saturated rings. The molecule has 0 radical (unpaired) electrons. The summed E-state index contributed by atoms with van der Waals surface area (Å²) in [5.41, 5.74) is 1.67. The molecule has 3 heteroatoms. The smallest absolute Gasteiger partial charge is 0.253 e. The highest BCUT2D eigenvalue weighted by atomic mass is 16.2. The molecule has 0 aromatic heterocycles. The fraction of sp³-hybridized carbons (Fsp3) is 0.222. The zero-order valence-corrected chi connectivity index (χ0v) is 11.7. The summed E-state index contributed by atoms with van der Waals surface area (Å²) in [6.45, 7) is 0.979. The second kappa shape index (κ2) is 5.92. The maximum Gasteiger partial charge on any atom is 0.253 e. The summed E-state index contributed by atoms with van der Waals surface area (Å²) >= 11 is 0. The van der Waals surface area contributed by atoms with Gasteiger partial charge in [-0.2, -0.15) is 0 Å². The molecule has 0 spiro atoms. The van der Waals surface area contributed by atoms with Crippen LogP contribution in [0.15, 0.2) is 60.7 Å². The summed E-state index contributed by atoms with van der Waals surface area (Å²) in [5.74, 6) is 0.0231. The summed E-state index contributed by atoms with van der Waals surface area (Å²) in [5, 5.41) is 0. The molecule has 1 unspecified atom stereocenters. The number of likely N-dealkylation sites (tertiary alicyclic amines) is 1. The molecule has 1 heterocycles. The lowest BCUT2D eigenvalue weighted by Gasteiger charge is -2.32. The predicted molar refractivity (Wildman–Crippen MR) is 81.2 cm³/mol. The van der Waals surface area contributed by atoms with Gasteiger partial charge in [-0.25, -0.2) is 0 Å². The summed E-state index contributed by atoms with van der Waals surface area (Å²) in [6.07, 6.45) is 0.429. The van der Waals surface area contributed by atoms with Crippen molar-refractivity contribution in [2.75, 3.05) is 13.1 Å². The molecule has 1 aliphatic rings. The molecule has 21 heavy (non-hydrogen) atoms.